The number of hydrogen-bond donors (Lipinski definition) is 1. The van der Waals surface area contributed by atoms with Crippen LogP contribution in [0.2, 0.25) is 10.0 Å². The molecule has 0 spiro atoms. The summed E-state index contributed by atoms with van der Waals surface area (Å²) in [5.41, 5.74) is 0.787. The third-order valence-corrected chi connectivity index (χ3v) is 5.35. The summed E-state index contributed by atoms with van der Waals surface area (Å²) >= 11 is 11.8. The maximum absolute atomic E-state index is 12.5. The van der Waals surface area contributed by atoms with Gasteiger partial charge in [-0.25, -0.2) is 17.9 Å². The van der Waals surface area contributed by atoms with E-state index < -0.39 is 16.6 Å². The molecule has 2 aromatic heterocycles. The Hall–Kier alpha value is -2.17. The molecule has 3 rings (SSSR count). The number of nitrogens with one attached hydrogen (secondary N) is 1. The van der Waals surface area contributed by atoms with Crippen LogP contribution in [0, 0.1) is 6.92 Å². The van der Waals surface area contributed by atoms with E-state index in [1.165, 1.54) is 22.8 Å². The van der Waals surface area contributed by atoms with Crippen molar-refractivity contribution in [1.82, 2.24) is 14.6 Å². The lowest BCUT2D eigenvalue weighted by Crippen LogP contribution is -2.14. The van der Waals surface area contributed by atoms with Crippen LogP contribution in [-0.2, 0) is 10.0 Å². The predicted molar refractivity (Wildman–Crippen MR) is 91.6 cm³/mol. The Morgan fingerprint density at radius 1 is 1.31 bits per heavy atom. The monoisotopic (exact) mass is 422 g/mol. The molecule has 0 radical (unpaired) electrons. The minimum Gasteiger partial charge on any atom is -0.433 e. The normalized spacial score (nSPS) is 11.9. The van der Waals surface area contributed by atoms with E-state index in [0.29, 0.717) is 16.4 Å². The van der Waals surface area contributed by atoms with Crippen LogP contribution in [0.15, 0.2) is 35.5 Å². The fraction of sp³-hybridized carbons (Fsp3) is 0.143. The van der Waals surface area contributed by atoms with E-state index in [0.717, 1.165) is 12.3 Å². The first-order valence-electron chi connectivity index (χ1n) is 6.95. The lowest BCUT2D eigenvalue weighted by Gasteiger charge is -2.11. The van der Waals surface area contributed by atoms with Gasteiger partial charge in [0.2, 0.25) is 0 Å². The molecular formula is C14H10Cl2F2N4O3S. The second kappa shape index (κ2) is 6.86. The largest absolute Gasteiger partial charge is 0.433 e. The first-order chi connectivity index (χ1) is 12.2. The van der Waals surface area contributed by atoms with Crippen LogP contribution >= 0.6 is 23.2 Å². The highest BCUT2D eigenvalue weighted by molar-refractivity contribution is 7.92. The third kappa shape index (κ3) is 3.67. The molecule has 7 nitrogen and oxygen atoms in total. The van der Waals surface area contributed by atoms with Crippen LogP contribution in [0.3, 0.4) is 0 Å². The van der Waals surface area contributed by atoms with Gasteiger partial charge in [0, 0.05) is 6.07 Å². The van der Waals surface area contributed by atoms with Crippen molar-refractivity contribution >= 4 is 44.6 Å². The van der Waals surface area contributed by atoms with Gasteiger partial charge in [0.1, 0.15) is 15.7 Å². The van der Waals surface area contributed by atoms with Crippen molar-refractivity contribution in [3.63, 3.8) is 0 Å². The SMILES string of the molecule is Cc1nn2cc(S(=O)(=O)Nc3ccc(Cl)c(OC(F)F)c3)cnc2c1Cl. The summed E-state index contributed by atoms with van der Waals surface area (Å²) in [5.74, 6) is -0.357. The van der Waals surface area contributed by atoms with Crippen LogP contribution in [0.4, 0.5) is 14.5 Å². The average molecular weight is 423 g/mol. The van der Waals surface area contributed by atoms with E-state index in [1.807, 2.05) is 0 Å². The molecule has 0 unspecified atom stereocenters. The van der Waals surface area contributed by atoms with Gasteiger partial charge in [-0.15, -0.1) is 0 Å². The fourth-order valence-corrected chi connectivity index (χ4v) is 3.43. The van der Waals surface area contributed by atoms with Crippen molar-refractivity contribution < 1.29 is 21.9 Å². The molecule has 2 heterocycles. The van der Waals surface area contributed by atoms with Crippen LogP contribution in [0.5, 0.6) is 5.75 Å². The highest BCUT2D eigenvalue weighted by Crippen LogP contribution is 2.30. The zero-order chi connectivity index (χ0) is 19.1. The van der Waals surface area contributed by atoms with Crippen LogP contribution < -0.4 is 9.46 Å². The van der Waals surface area contributed by atoms with E-state index in [4.69, 9.17) is 23.2 Å². The number of aromatic nitrogens is 3. The van der Waals surface area contributed by atoms with Gasteiger partial charge in [0.05, 0.1) is 28.8 Å². The lowest BCUT2D eigenvalue weighted by molar-refractivity contribution is -0.0497. The highest BCUT2D eigenvalue weighted by atomic mass is 35.5. The van der Waals surface area contributed by atoms with Gasteiger partial charge >= 0.3 is 6.61 Å². The van der Waals surface area contributed by atoms with Crippen LogP contribution in [0.25, 0.3) is 5.65 Å². The minimum atomic E-state index is -4.07. The number of fused-ring (bicyclic) bond motifs is 1. The lowest BCUT2D eigenvalue weighted by atomic mass is 10.3. The molecule has 12 heteroatoms. The van der Waals surface area contributed by atoms with Crippen molar-refractivity contribution in [3.05, 3.63) is 46.3 Å². The molecule has 0 aliphatic heterocycles. The molecule has 138 valence electrons. The molecule has 0 aliphatic rings. The Bertz CT molecular complexity index is 1090. The van der Waals surface area contributed by atoms with Gasteiger partial charge < -0.3 is 4.74 Å². The second-order valence-corrected chi connectivity index (χ2v) is 7.55. The van der Waals surface area contributed by atoms with E-state index in [2.05, 4.69) is 19.5 Å². The minimum absolute atomic E-state index is 0.0141. The number of aryl methyl sites for hydroxylation is 1. The second-order valence-electron chi connectivity index (χ2n) is 5.09. The van der Waals surface area contributed by atoms with Crippen molar-refractivity contribution in [2.24, 2.45) is 0 Å². The van der Waals surface area contributed by atoms with Gasteiger partial charge in [-0.2, -0.15) is 13.9 Å². The molecule has 1 N–H and O–H groups in total. The van der Waals surface area contributed by atoms with E-state index >= 15 is 0 Å². The van der Waals surface area contributed by atoms with E-state index in [-0.39, 0.29) is 21.4 Å². The van der Waals surface area contributed by atoms with Crippen molar-refractivity contribution in [1.29, 1.82) is 0 Å². The summed E-state index contributed by atoms with van der Waals surface area (Å²) in [4.78, 5) is 3.79. The molecule has 0 saturated carbocycles. The molecule has 26 heavy (non-hydrogen) atoms. The molecule has 1 aromatic carbocycles. The molecule has 0 amide bonds. The fourth-order valence-electron chi connectivity index (χ4n) is 2.11. The summed E-state index contributed by atoms with van der Waals surface area (Å²) < 4.78 is 57.5. The smallest absolute Gasteiger partial charge is 0.387 e. The van der Waals surface area contributed by atoms with Crippen molar-refractivity contribution in [2.45, 2.75) is 18.4 Å². The van der Waals surface area contributed by atoms with Crippen LogP contribution in [0.1, 0.15) is 5.69 Å². The number of nitrogens with zero attached hydrogens (tertiary/aromatic N) is 3. The van der Waals surface area contributed by atoms with Gasteiger partial charge in [-0.05, 0) is 19.1 Å². The highest BCUT2D eigenvalue weighted by Gasteiger charge is 2.19. The maximum Gasteiger partial charge on any atom is 0.387 e. The number of halogens is 4. The zero-order valence-electron chi connectivity index (χ0n) is 13.0. The van der Waals surface area contributed by atoms with E-state index in [1.54, 1.807) is 6.92 Å². The van der Waals surface area contributed by atoms with E-state index in [9.17, 15) is 17.2 Å². The number of ether oxygens (including phenoxy) is 1. The Morgan fingerprint density at radius 2 is 2.04 bits per heavy atom. The average Bonchev–Trinajstić information content (AvgIpc) is 2.84. The Morgan fingerprint density at radius 3 is 2.73 bits per heavy atom. The van der Waals surface area contributed by atoms with Crippen molar-refractivity contribution in [3.8, 4) is 5.75 Å². The Balaban J connectivity index is 1.94. The predicted octanol–water partition coefficient (Wildman–Crippen LogP) is 3.75. The maximum atomic E-state index is 12.5. The molecule has 0 saturated heterocycles. The number of benzene rings is 1. The summed E-state index contributed by atoms with van der Waals surface area (Å²) in [6.07, 6.45) is 2.34. The van der Waals surface area contributed by atoms with Crippen molar-refractivity contribution in [2.75, 3.05) is 4.72 Å². The van der Waals surface area contributed by atoms with Gasteiger partial charge in [0.15, 0.2) is 5.65 Å². The molecule has 0 atom stereocenters. The Kier molecular flexibility index (Phi) is 4.91. The van der Waals surface area contributed by atoms with Crippen LogP contribution in [-0.4, -0.2) is 29.6 Å². The summed E-state index contributed by atoms with van der Waals surface area (Å²) in [7, 11) is -4.07. The standard InChI is InChI=1S/C14H10Cl2F2N4O3S/c1-7-12(16)13-19-5-9(6-22(13)20-7)26(23,24)21-8-2-3-10(15)11(4-8)25-14(17)18/h2-6,14,21H,1H3. The molecule has 3 aromatic rings. The first-order valence-corrected chi connectivity index (χ1v) is 9.19. The summed E-state index contributed by atoms with van der Waals surface area (Å²) in [5, 5.41) is 4.29. The Labute approximate surface area is 156 Å². The zero-order valence-corrected chi connectivity index (χ0v) is 15.3. The first kappa shape index (κ1) is 18.6. The molecular weight excluding hydrogens is 413 g/mol. The number of alkyl halides is 2. The van der Waals surface area contributed by atoms with Gasteiger partial charge in [0.25, 0.3) is 10.0 Å². The topological polar surface area (TPSA) is 85.6 Å². The van der Waals surface area contributed by atoms with Gasteiger partial charge in [-0.1, -0.05) is 23.2 Å². The summed E-state index contributed by atoms with van der Waals surface area (Å²) in [6.45, 7) is -1.44. The summed E-state index contributed by atoms with van der Waals surface area (Å²) in [6, 6.07) is 3.58. The van der Waals surface area contributed by atoms with Gasteiger partial charge in [-0.3, -0.25) is 4.72 Å². The third-order valence-electron chi connectivity index (χ3n) is 3.26. The molecule has 0 bridgehead atoms. The number of anilines is 1. The molecule has 0 aliphatic carbocycles. The quantitative estimate of drug-likeness (QED) is 0.676. The molecule has 0 fully saturated rings. The number of rotatable bonds is 5. The number of hydrogen-bond acceptors (Lipinski definition) is 5. The number of sulfonamides is 1.